The average Bonchev–Trinajstić information content (AvgIpc) is 2.19. The molecule has 0 amide bonds. The van der Waals surface area contributed by atoms with Gasteiger partial charge in [-0.05, 0) is 38.4 Å². The number of β-amino-alcohol motifs (C(OH)–C–C–N with tert-alkyl or cyclic N) is 1. The standard InChI is InChI=1S/C10H22N2O2/c1-14-8-10(13)7-12-4-2-9(6-11)3-5-12/h9-10,13H,2-8,11H2,1H3. The smallest absolute Gasteiger partial charge is 0.0900 e. The van der Waals surface area contributed by atoms with Crippen LogP contribution in [0.2, 0.25) is 0 Å². The quantitative estimate of drug-likeness (QED) is 0.640. The van der Waals surface area contributed by atoms with Crippen molar-refractivity contribution in [2.75, 3.05) is 39.9 Å². The summed E-state index contributed by atoms with van der Waals surface area (Å²) in [6, 6.07) is 0. The maximum absolute atomic E-state index is 9.53. The highest BCUT2D eigenvalue weighted by Crippen LogP contribution is 2.15. The van der Waals surface area contributed by atoms with Crippen LogP contribution in [0.3, 0.4) is 0 Å². The fourth-order valence-corrected chi connectivity index (χ4v) is 1.95. The largest absolute Gasteiger partial charge is 0.389 e. The molecule has 0 spiro atoms. The lowest BCUT2D eigenvalue weighted by Crippen LogP contribution is -2.41. The van der Waals surface area contributed by atoms with Crippen LogP contribution in [0.5, 0.6) is 0 Å². The van der Waals surface area contributed by atoms with Gasteiger partial charge in [-0.25, -0.2) is 0 Å². The molecule has 0 aromatic rings. The third kappa shape index (κ3) is 3.92. The summed E-state index contributed by atoms with van der Waals surface area (Å²) in [6.45, 7) is 4.07. The van der Waals surface area contributed by atoms with E-state index in [1.165, 1.54) is 0 Å². The Morgan fingerprint density at radius 2 is 2.14 bits per heavy atom. The highest BCUT2D eigenvalue weighted by molar-refractivity contribution is 4.74. The minimum absolute atomic E-state index is 0.352. The van der Waals surface area contributed by atoms with E-state index in [1.54, 1.807) is 7.11 Å². The van der Waals surface area contributed by atoms with E-state index in [0.717, 1.165) is 39.0 Å². The fraction of sp³-hybridized carbons (Fsp3) is 1.00. The Kier molecular flexibility index (Phi) is 5.40. The summed E-state index contributed by atoms with van der Waals surface area (Å²) >= 11 is 0. The van der Waals surface area contributed by atoms with E-state index in [0.29, 0.717) is 12.5 Å². The first kappa shape index (κ1) is 11.9. The highest BCUT2D eigenvalue weighted by Gasteiger charge is 2.19. The molecule has 0 saturated carbocycles. The molecule has 1 atom stereocenters. The van der Waals surface area contributed by atoms with Crippen LogP contribution in [-0.2, 0) is 4.74 Å². The number of piperidine rings is 1. The molecule has 4 heteroatoms. The first-order chi connectivity index (χ1) is 6.76. The first-order valence-electron chi connectivity index (χ1n) is 5.35. The van der Waals surface area contributed by atoms with Gasteiger partial charge in [0, 0.05) is 13.7 Å². The van der Waals surface area contributed by atoms with Gasteiger partial charge in [-0.1, -0.05) is 0 Å². The van der Waals surface area contributed by atoms with Gasteiger partial charge in [0.25, 0.3) is 0 Å². The van der Waals surface area contributed by atoms with Gasteiger partial charge in [0.1, 0.15) is 0 Å². The Morgan fingerprint density at radius 3 is 2.64 bits per heavy atom. The van der Waals surface area contributed by atoms with E-state index in [-0.39, 0.29) is 6.10 Å². The number of ether oxygens (including phenoxy) is 1. The van der Waals surface area contributed by atoms with E-state index in [9.17, 15) is 5.11 Å². The van der Waals surface area contributed by atoms with Crippen molar-refractivity contribution in [3.63, 3.8) is 0 Å². The molecule has 0 aromatic heterocycles. The Bertz CT molecular complexity index is 147. The minimum atomic E-state index is -0.352. The number of hydrogen-bond donors (Lipinski definition) is 2. The molecule has 4 nitrogen and oxygen atoms in total. The Balaban J connectivity index is 2.15. The number of rotatable bonds is 5. The van der Waals surface area contributed by atoms with Gasteiger partial charge in [0.15, 0.2) is 0 Å². The van der Waals surface area contributed by atoms with E-state index < -0.39 is 0 Å². The zero-order chi connectivity index (χ0) is 10.4. The van der Waals surface area contributed by atoms with Gasteiger partial charge in [0.2, 0.25) is 0 Å². The fourth-order valence-electron chi connectivity index (χ4n) is 1.95. The molecule has 1 aliphatic heterocycles. The number of aliphatic hydroxyl groups excluding tert-OH is 1. The summed E-state index contributed by atoms with van der Waals surface area (Å²) in [5, 5.41) is 9.53. The van der Waals surface area contributed by atoms with Crippen molar-refractivity contribution in [3.8, 4) is 0 Å². The summed E-state index contributed by atoms with van der Waals surface area (Å²) in [5.41, 5.74) is 5.61. The number of methoxy groups -OCH3 is 1. The summed E-state index contributed by atoms with van der Waals surface area (Å²) in [7, 11) is 1.61. The van der Waals surface area contributed by atoms with Gasteiger partial charge in [-0.3, -0.25) is 0 Å². The van der Waals surface area contributed by atoms with Gasteiger partial charge >= 0.3 is 0 Å². The number of nitrogens with zero attached hydrogens (tertiary/aromatic N) is 1. The first-order valence-corrected chi connectivity index (χ1v) is 5.35. The monoisotopic (exact) mass is 202 g/mol. The predicted octanol–water partition coefficient (Wildman–Crippen LogP) is -0.336. The molecule has 3 N–H and O–H groups in total. The Morgan fingerprint density at radius 1 is 1.50 bits per heavy atom. The molecular formula is C10H22N2O2. The molecule has 84 valence electrons. The van der Waals surface area contributed by atoms with Gasteiger partial charge < -0.3 is 20.5 Å². The van der Waals surface area contributed by atoms with Crippen LogP contribution in [0, 0.1) is 5.92 Å². The van der Waals surface area contributed by atoms with Crippen molar-refractivity contribution >= 4 is 0 Å². The van der Waals surface area contributed by atoms with Crippen molar-refractivity contribution in [2.24, 2.45) is 11.7 Å². The van der Waals surface area contributed by atoms with E-state index >= 15 is 0 Å². The predicted molar refractivity (Wildman–Crippen MR) is 56.1 cm³/mol. The summed E-state index contributed by atoms with van der Waals surface area (Å²) < 4.78 is 4.89. The molecule has 1 rings (SSSR count). The van der Waals surface area contributed by atoms with Gasteiger partial charge in [-0.2, -0.15) is 0 Å². The number of hydrogen-bond acceptors (Lipinski definition) is 4. The second kappa shape index (κ2) is 6.35. The minimum Gasteiger partial charge on any atom is -0.389 e. The van der Waals surface area contributed by atoms with E-state index in [4.69, 9.17) is 10.5 Å². The lowest BCUT2D eigenvalue weighted by Gasteiger charge is -2.32. The maximum Gasteiger partial charge on any atom is 0.0900 e. The summed E-state index contributed by atoms with van der Waals surface area (Å²) in [5.74, 6) is 0.686. The molecule has 1 fully saturated rings. The van der Waals surface area contributed by atoms with E-state index in [2.05, 4.69) is 4.90 Å². The molecular weight excluding hydrogens is 180 g/mol. The van der Waals surface area contributed by atoms with Crippen molar-refractivity contribution in [2.45, 2.75) is 18.9 Å². The average molecular weight is 202 g/mol. The van der Waals surface area contributed by atoms with Crippen LogP contribution in [-0.4, -0.2) is 56.0 Å². The number of aliphatic hydroxyl groups is 1. The third-order valence-corrected chi connectivity index (χ3v) is 2.87. The van der Waals surface area contributed by atoms with Crippen LogP contribution in [0.15, 0.2) is 0 Å². The van der Waals surface area contributed by atoms with Crippen LogP contribution < -0.4 is 5.73 Å². The second-order valence-corrected chi connectivity index (χ2v) is 4.09. The van der Waals surface area contributed by atoms with Crippen LogP contribution >= 0.6 is 0 Å². The van der Waals surface area contributed by atoms with Crippen LogP contribution in [0.1, 0.15) is 12.8 Å². The van der Waals surface area contributed by atoms with Crippen LogP contribution in [0.25, 0.3) is 0 Å². The zero-order valence-electron chi connectivity index (χ0n) is 8.98. The van der Waals surface area contributed by atoms with Gasteiger partial charge in [0.05, 0.1) is 12.7 Å². The topological polar surface area (TPSA) is 58.7 Å². The van der Waals surface area contributed by atoms with Crippen molar-refractivity contribution < 1.29 is 9.84 Å². The highest BCUT2D eigenvalue weighted by atomic mass is 16.5. The molecule has 0 radical (unpaired) electrons. The van der Waals surface area contributed by atoms with Crippen molar-refractivity contribution in [1.29, 1.82) is 0 Å². The summed E-state index contributed by atoms with van der Waals surface area (Å²) in [6.07, 6.45) is 1.97. The number of nitrogens with two attached hydrogens (primary N) is 1. The SMILES string of the molecule is COCC(O)CN1CCC(CN)CC1. The maximum atomic E-state index is 9.53. The molecule has 1 heterocycles. The number of likely N-dealkylation sites (tertiary alicyclic amines) is 1. The normalized spacial score (nSPS) is 22.5. The lowest BCUT2D eigenvalue weighted by atomic mass is 9.97. The Hall–Kier alpha value is -0.160. The molecule has 0 aromatic carbocycles. The molecule has 1 aliphatic rings. The van der Waals surface area contributed by atoms with Crippen molar-refractivity contribution in [3.05, 3.63) is 0 Å². The third-order valence-electron chi connectivity index (χ3n) is 2.87. The molecule has 0 bridgehead atoms. The van der Waals surface area contributed by atoms with Crippen LogP contribution in [0.4, 0.5) is 0 Å². The molecule has 1 saturated heterocycles. The lowest BCUT2D eigenvalue weighted by molar-refractivity contribution is 0.0296. The molecule has 14 heavy (non-hydrogen) atoms. The molecule has 0 aliphatic carbocycles. The zero-order valence-corrected chi connectivity index (χ0v) is 8.98. The summed E-state index contributed by atoms with van der Waals surface area (Å²) in [4.78, 5) is 2.29. The second-order valence-electron chi connectivity index (χ2n) is 4.09. The van der Waals surface area contributed by atoms with E-state index in [1.807, 2.05) is 0 Å². The Labute approximate surface area is 86.0 Å². The molecule has 1 unspecified atom stereocenters. The van der Waals surface area contributed by atoms with Gasteiger partial charge in [-0.15, -0.1) is 0 Å². The van der Waals surface area contributed by atoms with Crippen molar-refractivity contribution in [1.82, 2.24) is 4.90 Å².